The van der Waals surface area contributed by atoms with Gasteiger partial charge in [0, 0.05) is 15.8 Å². The molecule has 2 aromatic heterocycles. The predicted octanol–water partition coefficient (Wildman–Crippen LogP) is 4.62. The third-order valence-corrected chi connectivity index (χ3v) is 4.94. The molecule has 2 aromatic rings. The van der Waals surface area contributed by atoms with Crippen molar-refractivity contribution in [2.24, 2.45) is 0 Å². The smallest absolute Gasteiger partial charge is 0.0931 e. The molecule has 1 N–H and O–H groups in total. The summed E-state index contributed by atoms with van der Waals surface area (Å²) >= 11 is 9.52. The monoisotopic (exact) mass is 299 g/mol. The van der Waals surface area contributed by atoms with Crippen molar-refractivity contribution >= 4 is 34.3 Å². The molecule has 98 valence electrons. The highest BCUT2D eigenvalue weighted by molar-refractivity contribution is 7.16. The molecule has 0 fully saturated rings. The van der Waals surface area contributed by atoms with E-state index >= 15 is 0 Å². The summed E-state index contributed by atoms with van der Waals surface area (Å²) in [6, 6.07) is 8.98. The van der Waals surface area contributed by atoms with Gasteiger partial charge in [-0.15, -0.1) is 22.7 Å². The molecule has 1 unspecified atom stereocenters. The summed E-state index contributed by atoms with van der Waals surface area (Å²) in [6.07, 6.45) is 3.34. The van der Waals surface area contributed by atoms with Crippen LogP contribution in [0.15, 0.2) is 29.6 Å². The van der Waals surface area contributed by atoms with Crippen LogP contribution in [0.25, 0.3) is 0 Å². The molecular formula is C14H18ClNS2. The highest BCUT2D eigenvalue weighted by Crippen LogP contribution is 2.23. The largest absolute Gasteiger partial charge is 0.313 e. The molecule has 4 heteroatoms. The maximum absolute atomic E-state index is 5.99. The minimum Gasteiger partial charge on any atom is -0.313 e. The number of rotatable bonds is 7. The fourth-order valence-corrected chi connectivity index (χ4v) is 3.89. The van der Waals surface area contributed by atoms with Crippen LogP contribution in [0, 0.1) is 0 Å². The first-order chi connectivity index (χ1) is 8.78. The van der Waals surface area contributed by atoms with E-state index in [4.69, 9.17) is 11.6 Å². The molecule has 0 aliphatic rings. The maximum atomic E-state index is 5.99. The van der Waals surface area contributed by atoms with E-state index in [9.17, 15) is 0 Å². The lowest BCUT2D eigenvalue weighted by Gasteiger charge is -2.17. The molecule has 1 nitrogen and oxygen atoms in total. The van der Waals surface area contributed by atoms with E-state index in [1.165, 1.54) is 16.2 Å². The van der Waals surface area contributed by atoms with E-state index in [1.54, 1.807) is 11.3 Å². The molecule has 0 saturated carbocycles. The van der Waals surface area contributed by atoms with Crippen molar-refractivity contribution in [3.63, 3.8) is 0 Å². The molecule has 0 amide bonds. The molecule has 0 saturated heterocycles. The van der Waals surface area contributed by atoms with Gasteiger partial charge >= 0.3 is 0 Å². The van der Waals surface area contributed by atoms with E-state index in [1.807, 2.05) is 17.4 Å². The van der Waals surface area contributed by atoms with E-state index in [-0.39, 0.29) is 0 Å². The Balaban J connectivity index is 1.95. The molecule has 0 radical (unpaired) electrons. The van der Waals surface area contributed by atoms with E-state index in [0.717, 1.165) is 23.7 Å². The molecule has 0 aliphatic heterocycles. The van der Waals surface area contributed by atoms with Crippen LogP contribution in [-0.2, 0) is 12.8 Å². The second kappa shape index (κ2) is 7.29. The Morgan fingerprint density at radius 1 is 1.22 bits per heavy atom. The van der Waals surface area contributed by atoms with Crippen molar-refractivity contribution in [1.82, 2.24) is 5.32 Å². The van der Waals surface area contributed by atoms with Crippen molar-refractivity contribution < 1.29 is 0 Å². The highest BCUT2D eigenvalue weighted by Gasteiger charge is 2.11. The van der Waals surface area contributed by atoms with Crippen LogP contribution in [0.4, 0.5) is 0 Å². The first-order valence-electron chi connectivity index (χ1n) is 6.28. The van der Waals surface area contributed by atoms with Gasteiger partial charge in [-0.3, -0.25) is 0 Å². The number of thiophene rings is 2. The second-order valence-electron chi connectivity index (χ2n) is 4.34. The molecule has 0 aliphatic carbocycles. The van der Waals surface area contributed by atoms with E-state index in [0.29, 0.717) is 6.04 Å². The van der Waals surface area contributed by atoms with Gasteiger partial charge in [0.1, 0.15) is 0 Å². The fourth-order valence-electron chi connectivity index (χ4n) is 1.94. The SMILES string of the molecule is CCCNC(Cc1cccs1)Cc1ccc(Cl)s1. The van der Waals surface area contributed by atoms with Crippen molar-refractivity contribution in [3.8, 4) is 0 Å². The lowest BCUT2D eigenvalue weighted by Crippen LogP contribution is -2.33. The van der Waals surface area contributed by atoms with Gasteiger partial charge in [-0.2, -0.15) is 0 Å². The number of nitrogens with one attached hydrogen (secondary N) is 1. The molecule has 18 heavy (non-hydrogen) atoms. The van der Waals surface area contributed by atoms with Crippen molar-refractivity contribution in [3.05, 3.63) is 43.7 Å². The Labute approximate surface area is 122 Å². The van der Waals surface area contributed by atoms with Crippen LogP contribution >= 0.6 is 34.3 Å². The number of hydrogen-bond donors (Lipinski definition) is 1. The zero-order chi connectivity index (χ0) is 12.8. The average molecular weight is 300 g/mol. The maximum Gasteiger partial charge on any atom is 0.0931 e. The Hall–Kier alpha value is -0.350. The van der Waals surface area contributed by atoms with Gasteiger partial charge in [-0.25, -0.2) is 0 Å². The fraction of sp³-hybridized carbons (Fsp3) is 0.429. The highest BCUT2D eigenvalue weighted by atomic mass is 35.5. The normalized spacial score (nSPS) is 12.8. The topological polar surface area (TPSA) is 12.0 Å². The third-order valence-electron chi connectivity index (χ3n) is 2.79. The molecule has 2 rings (SSSR count). The van der Waals surface area contributed by atoms with Crippen molar-refractivity contribution in [2.75, 3.05) is 6.54 Å². The lowest BCUT2D eigenvalue weighted by molar-refractivity contribution is 0.510. The van der Waals surface area contributed by atoms with Gasteiger partial charge in [-0.05, 0) is 49.4 Å². The molecule has 2 heterocycles. The average Bonchev–Trinajstić information content (AvgIpc) is 2.98. The zero-order valence-electron chi connectivity index (χ0n) is 10.5. The summed E-state index contributed by atoms with van der Waals surface area (Å²) in [6.45, 7) is 3.28. The van der Waals surface area contributed by atoms with Crippen LogP contribution in [0.2, 0.25) is 4.34 Å². The van der Waals surface area contributed by atoms with Gasteiger partial charge < -0.3 is 5.32 Å². The summed E-state index contributed by atoms with van der Waals surface area (Å²) in [5.74, 6) is 0. The molecule has 0 spiro atoms. The van der Waals surface area contributed by atoms with Crippen LogP contribution in [0.5, 0.6) is 0 Å². The predicted molar refractivity (Wildman–Crippen MR) is 83.1 cm³/mol. The number of halogens is 1. The Kier molecular flexibility index (Phi) is 5.70. The van der Waals surface area contributed by atoms with Gasteiger partial charge in [-0.1, -0.05) is 24.6 Å². The molecule has 0 aromatic carbocycles. The van der Waals surface area contributed by atoms with Gasteiger partial charge in [0.25, 0.3) is 0 Å². The van der Waals surface area contributed by atoms with Crippen LogP contribution in [0.1, 0.15) is 23.1 Å². The Morgan fingerprint density at radius 3 is 2.67 bits per heavy atom. The summed E-state index contributed by atoms with van der Waals surface area (Å²) in [5, 5.41) is 5.78. The first-order valence-corrected chi connectivity index (χ1v) is 8.35. The molecule has 0 bridgehead atoms. The Morgan fingerprint density at radius 2 is 2.06 bits per heavy atom. The Bertz CT molecular complexity index is 450. The van der Waals surface area contributed by atoms with Crippen molar-refractivity contribution in [1.29, 1.82) is 0 Å². The third kappa shape index (κ3) is 4.39. The minimum atomic E-state index is 0.512. The van der Waals surface area contributed by atoms with E-state index < -0.39 is 0 Å². The van der Waals surface area contributed by atoms with Crippen LogP contribution < -0.4 is 5.32 Å². The summed E-state index contributed by atoms with van der Waals surface area (Å²) < 4.78 is 0.885. The van der Waals surface area contributed by atoms with Crippen LogP contribution in [0.3, 0.4) is 0 Å². The van der Waals surface area contributed by atoms with Gasteiger partial charge in [0.15, 0.2) is 0 Å². The minimum absolute atomic E-state index is 0.512. The number of hydrogen-bond acceptors (Lipinski definition) is 3. The summed E-state index contributed by atoms with van der Waals surface area (Å²) in [7, 11) is 0. The van der Waals surface area contributed by atoms with Gasteiger partial charge in [0.2, 0.25) is 0 Å². The summed E-state index contributed by atoms with van der Waals surface area (Å²) in [4.78, 5) is 2.82. The first kappa shape index (κ1) is 14.1. The second-order valence-corrected chi connectivity index (χ2v) is 7.18. The molecular weight excluding hydrogens is 282 g/mol. The van der Waals surface area contributed by atoms with Crippen molar-refractivity contribution in [2.45, 2.75) is 32.2 Å². The summed E-state index contributed by atoms with van der Waals surface area (Å²) in [5.41, 5.74) is 0. The standard InChI is InChI=1S/C14H18ClNS2/c1-2-7-16-11(9-12-4-3-8-17-12)10-13-5-6-14(15)18-13/h3-6,8,11,16H,2,7,9-10H2,1H3. The zero-order valence-corrected chi connectivity index (χ0v) is 12.9. The van der Waals surface area contributed by atoms with E-state index in [2.05, 4.69) is 35.8 Å². The van der Waals surface area contributed by atoms with Gasteiger partial charge in [0.05, 0.1) is 4.34 Å². The molecule has 1 atom stereocenters. The lowest BCUT2D eigenvalue weighted by atomic mass is 10.1. The van der Waals surface area contributed by atoms with Crippen LogP contribution in [-0.4, -0.2) is 12.6 Å². The quantitative estimate of drug-likeness (QED) is 0.787.